The number of nitrogens with one attached hydrogen (secondary N) is 1. The van der Waals surface area contributed by atoms with Gasteiger partial charge in [-0.3, -0.25) is 0 Å². The Morgan fingerprint density at radius 2 is 1.96 bits per heavy atom. The molecule has 2 N–H and O–H groups in total. The number of ether oxygens (including phenoxy) is 1. The molecule has 0 saturated carbocycles. The highest BCUT2D eigenvalue weighted by molar-refractivity contribution is 7.91. The normalized spacial score (nSPS) is 18.2. The molecule has 2 aromatic rings. The lowest BCUT2D eigenvalue weighted by Gasteiger charge is -2.27. The van der Waals surface area contributed by atoms with Crippen molar-refractivity contribution in [3.05, 3.63) is 54.1 Å². The summed E-state index contributed by atoms with van der Waals surface area (Å²) in [5, 5.41) is 12.5. The molecule has 3 rings (SSSR count). The molecule has 0 radical (unpaired) electrons. The zero-order chi connectivity index (χ0) is 17.9. The van der Waals surface area contributed by atoms with Crippen molar-refractivity contribution in [3.8, 4) is 5.75 Å². The van der Waals surface area contributed by atoms with E-state index in [9.17, 15) is 13.5 Å². The zero-order valence-electron chi connectivity index (χ0n) is 14.2. The molecule has 134 valence electrons. The van der Waals surface area contributed by atoms with Crippen LogP contribution in [0.2, 0.25) is 0 Å². The minimum Gasteiger partial charge on any atom is -0.489 e. The van der Waals surface area contributed by atoms with Crippen LogP contribution in [0.4, 0.5) is 0 Å². The van der Waals surface area contributed by atoms with Crippen LogP contribution < -0.4 is 10.1 Å². The molecular formula is C19H23NO4S. The lowest BCUT2D eigenvalue weighted by atomic mass is 10.0. The van der Waals surface area contributed by atoms with Crippen LogP contribution in [-0.2, 0) is 16.3 Å². The Bertz CT molecular complexity index is 819. The Balaban J connectivity index is 1.78. The average Bonchev–Trinajstić information content (AvgIpc) is 2.61. The van der Waals surface area contributed by atoms with Crippen molar-refractivity contribution in [2.75, 3.05) is 13.1 Å². The zero-order valence-corrected chi connectivity index (χ0v) is 15.0. The number of fused-ring (bicyclic) bond motifs is 1. The predicted octanol–water partition coefficient (Wildman–Crippen LogP) is 2.18. The van der Waals surface area contributed by atoms with Gasteiger partial charge in [0.1, 0.15) is 11.9 Å². The average molecular weight is 361 g/mol. The smallest absolute Gasteiger partial charge is 0.206 e. The third kappa shape index (κ3) is 4.21. The van der Waals surface area contributed by atoms with E-state index in [2.05, 4.69) is 5.32 Å². The number of sulfone groups is 1. The summed E-state index contributed by atoms with van der Waals surface area (Å²) in [7, 11) is -3.55. The summed E-state index contributed by atoms with van der Waals surface area (Å²) in [6, 6.07) is 13.5. The Hall–Kier alpha value is -1.89. The van der Waals surface area contributed by atoms with Crippen molar-refractivity contribution in [2.24, 2.45) is 0 Å². The molecule has 5 nitrogen and oxygen atoms in total. The lowest BCUT2D eigenvalue weighted by molar-refractivity contribution is 0.153. The van der Waals surface area contributed by atoms with Gasteiger partial charge in [0.15, 0.2) is 0 Å². The topological polar surface area (TPSA) is 75.6 Å². The van der Waals surface area contributed by atoms with E-state index in [-0.39, 0.29) is 15.9 Å². The number of hydrogen-bond donors (Lipinski definition) is 2. The quantitative estimate of drug-likeness (QED) is 0.825. The predicted molar refractivity (Wildman–Crippen MR) is 95.6 cm³/mol. The van der Waals surface area contributed by atoms with Crippen molar-refractivity contribution < 1.29 is 18.3 Å². The van der Waals surface area contributed by atoms with Gasteiger partial charge < -0.3 is 15.2 Å². The van der Waals surface area contributed by atoms with Gasteiger partial charge in [-0.05, 0) is 49.6 Å². The van der Waals surface area contributed by atoms with Gasteiger partial charge in [-0.25, -0.2) is 8.42 Å². The van der Waals surface area contributed by atoms with Gasteiger partial charge in [-0.2, -0.15) is 0 Å². The lowest BCUT2D eigenvalue weighted by Crippen LogP contribution is -2.37. The van der Waals surface area contributed by atoms with Crippen LogP contribution in [0.3, 0.4) is 0 Å². The number of rotatable bonds is 6. The van der Waals surface area contributed by atoms with E-state index in [1.54, 1.807) is 49.4 Å². The molecule has 0 aliphatic carbocycles. The van der Waals surface area contributed by atoms with E-state index in [4.69, 9.17) is 4.74 Å². The third-order valence-electron chi connectivity index (χ3n) is 4.24. The molecule has 1 heterocycles. The molecule has 1 aliphatic rings. The van der Waals surface area contributed by atoms with Crippen LogP contribution in [0, 0.1) is 0 Å². The van der Waals surface area contributed by atoms with Crippen LogP contribution in [0.25, 0.3) is 0 Å². The molecule has 1 aliphatic heterocycles. The summed E-state index contributed by atoms with van der Waals surface area (Å²) in [6.45, 7) is 2.86. The summed E-state index contributed by atoms with van der Waals surface area (Å²) in [5.41, 5.74) is 1.03. The molecule has 0 bridgehead atoms. The molecule has 0 aromatic heterocycles. The Kier molecular flexibility index (Phi) is 5.42. The van der Waals surface area contributed by atoms with Gasteiger partial charge in [0.05, 0.1) is 15.9 Å². The molecule has 0 saturated heterocycles. The number of aliphatic hydroxyl groups excluding tert-OH is 1. The van der Waals surface area contributed by atoms with Gasteiger partial charge >= 0.3 is 0 Å². The molecule has 25 heavy (non-hydrogen) atoms. The molecular weight excluding hydrogens is 338 g/mol. The van der Waals surface area contributed by atoms with Crippen LogP contribution >= 0.6 is 0 Å². The summed E-state index contributed by atoms with van der Waals surface area (Å²) in [5.74, 6) is 0.632. The van der Waals surface area contributed by atoms with E-state index in [1.807, 2.05) is 6.07 Å². The summed E-state index contributed by atoms with van der Waals surface area (Å²) < 4.78 is 31.5. The second kappa shape index (κ2) is 7.56. The first-order valence-electron chi connectivity index (χ1n) is 8.45. The number of benzene rings is 2. The second-order valence-corrected chi connectivity index (χ2v) is 8.32. The van der Waals surface area contributed by atoms with Crippen LogP contribution in [0.15, 0.2) is 58.3 Å². The van der Waals surface area contributed by atoms with E-state index in [0.717, 1.165) is 18.4 Å². The first-order valence-corrected chi connectivity index (χ1v) is 9.93. The molecule has 6 heteroatoms. The fourth-order valence-electron chi connectivity index (χ4n) is 2.91. The van der Waals surface area contributed by atoms with E-state index >= 15 is 0 Å². The van der Waals surface area contributed by atoms with Crippen molar-refractivity contribution >= 4 is 9.84 Å². The van der Waals surface area contributed by atoms with Crippen LogP contribution in [0.5, 0.6) is 5.75 Å². The molecule has 2 atom stereocenters. The highest BCUT2D eigenvalue weighted by Crippen LogP contribution is 2.32. The van der Waals surface area contributed by atoms with E-state index < -0.39 is 15.9 Å². The Morgan fingerprint density at radius 1 is 1.20 bits per heavy atom. The van der Waals surface area contributed by atoms with E-state index in [0.29, 0.717) is 18.8 Å². The maximum Gasteiger partial charge on any atom is 0.206 e. The first kappa shape index (κ1) is 17.9. The number of hydrogen-bond acceptors (Lipinski definition) is 5. The molecule has 0 amide bonds. The first-order chi connectivity index (χ1) is 12.0. The van der Waals surface area contributed by atoms with Crippen molar-refractivity contribution in [1.82, 2.24) is 5.32 Å². The van der Waals surface area contributed by atoms with Gasteiger partial charge in [0, 0.05) is 13.1 Å². The third-order valence-corrected chi connectivity index (χ3v) is 6.01. The fourth-order valence-corrected chi connectivity index (χ4v) is 4.20. The maximum atomic E-state index is 12.8. The van der Waals surface area contributed by atoms with Gasteiger partial charge in [0.2, 0.25) is 9.84 Å². The highest BCUT2D eigenvalue weighted by Gasteiger charge is 2.23. The highest BCUT2D eigenvalue weighted by atomic mass is 32.2. The van der Waals surface area contributed by atoms with Gasteiger partial charge in [-0.1, -0.05) is 24.3 Å². The van der Waals surface area contributed by atoms with Crippen molar-refractivity contribution in [2.45, 2.75) is 41.8 Å². The largest absolute Gasteiger partial charge is 0.489 e. The maximum absolute atomic E-state index is 12.8. The van der Waals surface area contributed by atoms with E-state index in [1.165, 1.54) is 0 Å². The van der Waals surface area contributed by atoms with Crippen LogP contribution in [-0.4, -0.2) is 38.8 Å². The molecule has 0 fully saturated rings. The summed E-state index contributed by atoms with van der Waals surface area (Å²) in [6.07, 6.45) is 1.28. The second-order valence-electron chi connectivity index (χ2n) is 6.37. The van der Waals surface area contributed by atoms with Crippen molar-refractivity contribution in [3.63, 3.8) is 0 Å². The Morgan fingerprint density at radius 3 is 2.68 bits per heavy atom. The minimum atomic E-state index is -3.55. The number of aliphatic hydroxyl groups is 1. The monoisotopic (exact) mass is 361 g/mol. The summed E-state index contributed by atoms with van der Waals surface area (Å²) in [4.78, 5) is 0.524. The summed E-state index contributed by atoms with van der Waals surface area (Å²) >= 11 is 0. The molecule has 2 aromatic carbocycles. The van der Waals surface area contributed by atoms with Crippen LogP contribution in [0.1, 0.15) is 18.9 Å². The van der Waals surface area contributed by atoms with Crippen molar-refractivity contribution in [1.29, 1.82) is 0 Å². The van der Waals surface area contributed by atoms with Gasteiger partial charge in [-0.15, -0.1) is 0 Å². The standard InChI is InChI=1S/C19H23NO4S/c1-14(21)12-20-13-16-9-7-15-8-10-18(11-19(15)24-16)25(22,23)17-5-3-2-4-6-17/h2-6,8,10-11,14,16,20-21H,7,9,12-13H2,1H3/t14-,16?/m1/s1. The number of aryl methyl sites for hydroxylation is 1. The molecule has 1 unspecified atom stereocenters. The SMILES string of the molecule is C[C@@H](O)CNCC1CCc2ccc(S(=O)(=O)c3ccccc3)cc2O1. The Labute approximate surface area is 148 Å². The molecule has 0 spiro atoms. The van der Waals surface area contributed by atoms with Gasteiger partial charge in [0.25, 0.3) is 0 Å². The minimum absolute atomic E-state index is 0.0269. The fraction of sp³-hybridized carbons (Fsp3) is 0.368.